The Morgan fingerprint density at radius 1 is 0.962 bits per heavy atom. The second-order valence-electron chi connectivity index (χ2n) is 7.26. The number of carbonyl (C=O) groups excluding carboxylic acids is 2. The van der Waals surface area contributed by atoms with Crippen molar-refractivity contribution in [2.24, 2.45) is 11.8 Å². The molecule has 6 heteroatoms. The Hall–Kier alpha value is -2.08. The van der Waals surface area contributed by atoms with Crippen molar-refractivity contribution in [1.82, 2.24) is 9.80 Å². The third-order valence-corrected chi connectivity index (χ3v) is 5.72. The van der Waals surface area contributed by atoms with Gasteiger partial charge in [0.25, 0.3) is 0 Å². The van der Waals surface area contributed by atoms with Crippen molar-refractivity contribution in [3.63, 3.8) is 0 Å². The first-order chi connectivity index (χ1) is 12.5. The maximum absolute atomic E-state index is 12.1. The first-order valence-electron chi connectivity index (χ1n) is 9.48. The molecule has 0 N–H and O–H groups in total. The number of rotatable bonds is 6. The molecule has 142 valence electrons. The van der Waals surface area contributed by atoms with Gasteiger partial charge in [0.2, 0.25) is 11.8 Å². The summed E-state index contributed by atoms with van der Waals surface area (Å²) in [5, 5.41) is 0. The number of benzene rings is 1. The Balaban J connectivity index is 1.45. The van der Waals surface area contributed by atoms with Crippen LogP contribution in [0.15, 0.2) is 24.3 Å². The van der Waals surface area contributed by atoms with Gasteiger partial charge in [0.15, 0.2) is 0 Å². The smallest absolute Gasteiger partial charge is 0.232 e. The average Bonchev–Trinajstić information content (AvgIpc) is 2.86. The molecule has 0 spiro atoms. The predicted octanol–water partition coefficient (Wildman–Crippen LogP) is 1.85. The highest BCUT2D eigenvalue weighted by atomic mass is 16.5. The van der Waals surface area contributed by atoms with Crippen molar-refractivity contribution < 1.29 is 14.3 Å². The highest BCUT2D eigenvalue weighted by Crippen LogP contribution is 2.28. The molecule has 2 unspecified atom stereocenters. The lowest BCUT2D eigenvalue weighted by atomic mass is 10.00. The van der Waals surface area contributed by atoms with Crippen LogP contribution in [0.4, 0.5) is 5.69 Å². The molecular formula is C20H29N3O3. The molecule has 0 radical (unpaired) electrons. The molecule has 1 aromatic carbocycles. The Morgan fingerprint density at radius 3 is 2.19 bits per heavy atom. The van der Waals surface area contributed by atoms with Gasteiger partial charge in [-0.15, -0.1) is 0 Å². The number of imide groups is 1. The molecule has 26 heavy (non-hydrogen) atoms. The van der Waals surface area contributed by atoms with E-state index in [-0.39, 0.29) is 23.7 Å². The van der Waals surface area contributed by atoms with Gasteiger partial charge in [0, 0.05) is 44.6 Å². The fraction of sp³-hybridized carbons (Fsp3) is 0.600. The quantitative estimate of drug-likeness (QED) is 0.726. The van der Waals surface area contributed by atoms with Gasteiger partial charge >= 0.3 is 0 Å². The summed E-state index contributed by atoms with van der Waals surface area (Å²) in [4.78, 5) is 30.5. The van der Waals surface area contributed by atoms with Crippen molar-refractivity contribution in [3.05, 3.63) is 24.3 Å². The van der Waals surface area contributed by atoms with Crippen LogP contribution in [-0.2, 0) is 9.59 Å². The molecule has 0 bridgehead atoms. The number of para-hydroxylation sites is 2. The van der Waals surface area contributed by atoms with Crippen LogP contribution >= 0.6 is 0 Å². The third-order valence-electron chi connectivity index (χ3n) is 5.72. The van der Waals surface area contributed by atoms with Crippen LogP contribution in [0.1, 0.15) is 20.3 Å². The van der Waals surface area contributed by atoms with Crippen LogP contribution in [0, 0.1) is 11.8 Å². The van der Waals surface area contributed by atoms with Gasteiger partial charge in [0.05, 0.1) is 12.8 Å². The van der Waals surface area contributed by atoms with E-state index in [1.807, 2.05) is 32.0 Å². The van der Waals surface area contributed by atoms with Crippen LogP contribution in [-0.4, -0.2) is 68.0 Å². The minimum absolute atomic E-state index is 0.0107. The summed E-state index contributed by atoms with van der Waals surface area (Å²) >= 11 is 0. The number of hydrogen-bond donors (Lipinski definition) is 0. The largest absolute Gasteiger partial charge is 0.495 e. The molecule has 2 heterocycles. The van der Waals surface area contributed by atoms with E-state index in [9.17, 15) is 9.59 Å². The molecule has 2 aliphatic heterocycles. The first-order valence-corrected chi connectivity index (χ1v) is 9.48. The number of ether oxygens (including phenoxy) is 1. The van der Waals surface area contributed by atoms with Crippen molar-refractivity contribution in [2.75, 3.05) is 51.3 Å². The fourth-order valence-corrected chi connectivity index (χ4v) is 3.80. The zero-order valence-electron chi connectivity index (χ0n) is 16.0. The lowest BCUT2D eigenvalue weighted by Gasteiger charge is -2.36. The molecule has 3 rings (SSSR count). The average molecular weight is 359 g/mol. The Morgan fingerprint density at radius 2 is 1.58 bits per heavy atom. The number of methoxy groups -OCH3 is 1. The van der Waals surface area contributed by atoms with Gasteiger partial charge in [0.1, 0.15) is 5.75 Å². The second kappa shape index (κ2) is 8.08. The fourth-order valence-electron chi connectivity index (χ4n) is 3.80. The highest BCUT2D eigenvalue weighted by molar-refractivity contribution is 6.04. The molecule has 0 saturated carbocycles. The monoisotopic (exact) mass is 359 g/mol. The maximum Gasteiger partial charge on any atom is 0.232 e. The van der Waals surface area contributed by atoms with E-state index in [0.717, 1.165) is 50.6 Å². The number of hydrogen-bond acceptors (Lipinski definition) is 5. The van der Waals surface area contributed by atoms with E-state index in [4.69, 9.17) is 4.74 Å². The van der Waals surface area contributed by atoms with Crippen molar-refractivity contribution >= 4 is 17.5 Å². The van der Waals surface area contributed by atoms with Gasteiger partial charge in [-0.05, 0) is 25.1 Å². The minimum atomic E-state index is -0.174. The van der Waals surface area contributed by atoms with Gasteiger partial charge in [-0.3, -0.25) is 19.4 Å². The number of piperazine rings is 1. The van der Waals surface area contributed by atoms with E-state index in [1.165, 1.54) is 4.90 Å². The molecule has 6 nitrogen and oxygen atoms in total. The number of anilines is 1. The third kappa shape index (κ3) is 3.70. The molecule has 2 amide bonds. The van der Waals surface area contributed by atoms with E-state index in [1.54, 1.807) is 7.11 Å². The molecule has 1 aromatic rings. The molecule has 2 atom stereocenters. The minimum Gasteiger partial charge on any atom is -0.495 e. The summed E-state index contributed by atoms with van der Waals surface area (Å²) in [5.74, 6) is 0.543. The highest BCUT2D eigenvalue weighted by Gasteiger charge is 2.41. The molecular weight excluding hydrogens is 330 g/mol. The van der Waals surface area contributed by atoms with Crippen LogP contribution < -0.4 is 9.64 Å². The summed E-state index contributed by atoms with van der Waals surface area (Å²) in [6, 6.07) is 8.12. The zero-order chi connectivity index (χ0) is 18.7. The standard InChI is InChI=1S/C20H29N3O3/c1-15-16(2)20(25)23(19(15)24)10-6-9-21-11-13-22(14-12-21)17-7-4-5-8-18(17)26-3/h4-5,7-8,15-16H,6,9-14H2,1-3H3. The number of carbonyl (C=O) groups is 2. The lowest BCUT2D eigenvalue weighted by molar-refractivity contribution is -0.139. The number of amides is 2. The summed E-state index contributed by atoms with van der Waals surface area (Å²) < 4.78 is 5.46. The van der Waals surface area contributed by atoms with E-state index in [0.29, 0.717) is 6.54 Å². The van der Waals surface area contributed by atoms with Crippen molar-refractivity contribution in [2.45, 2.75) is 20.3 Å². The van der Waals surface area contributed by atoms with Crippen LogP contribution in [0.2, 0.25) is 0 Å². The van der Waals surface area contributed by atoms with Crippen LogP contribution in [0.5, 0.6) is 5.75 Å². The second-order valence-corrected chi connectivity index (χ2v) is 7.26. The van der Waals surface area contributed by atoms with Crippen LogP contribution in [0.25, 0.3) is 0 Å². The summed E-state index contributed by atoms with van der Waals surface area (Å²) in [6.07, 6.45) is 0.839. The SMILES string of the molecule is COc1ccccc1N1CCN(CCCN2C(=O)C(C)C(C)C2=O)CC1. The molecule has 2 fully saturated rings. The van der Waals surface area contributed by atoms with Crippen LogP contribution in [0.3, 0.4) is 0 Å². The van der Waals surface area contributed by atoms with Crippen molar-refractivity contribution in [3.8, 4) is 5.75 Å². The van der Waals surface area contributed by atoms with Gasteiger partial charge in [-0.25, -0.2) is 0 Å². The topological polar surface area (TPSA) is 53.1 Å². The maximum atomic E-state index is 12.1. The van der Waals surface area contributed by atoms with E-state index < -0.39 is 0 Å². The normalized spacial score (nSPS) is 24.4. The van der Waals surface area contributed by atoms with E-state index >= 15 is 0 Å². The van der Waals surface area contributed by atoms with Crippen molar-refractivity contribution in [1.29, 1.82) is 0 Å². The molecule has 2 aliphatic rings. The van der Waals surface area contributed by atoms with Gasteiger partial charge in [-0.1, -0.05) is 26.0 Å². The van der Waals surface area contributed by atoms with Gasteiger partial charge in [-0.2, -0.15) is 0 Å². The summed E-state index contributed by atoms with van der Waals surface area (Å²) in [5.41, 5.74) is 1.14. The lowest BCUT2D eigenvalue weighted by Crippen LogP contribution is -2.47. The molecule has 0 aliphatic carbocycles. The Labute approximate surface area is 155 Å². The van der Waals surface area contributed by atoms with E-state index in [2.05, 4.69) is 15.9 Å². The zero-order valence-corrected chi connectivity index (χ0v) is 16.0. The van der Waals surface area contributed by atoms with Gasteiger partial charge < -0.3 is 9.64 Å². The number of nitrogens with zero attached hydrogens (tertiary/aromatic N) is 3. The summed E-state index contributed by atoms with van der Waals surface area (Å²) in [7, 11) is 1.71. The predicted molar refractivity (Wildman–Crippen MR) is 101 cm³/mol. The first kappa shape index (κ1) is 18.7. The summed E-state index contributed by atoms with van der Waals surface area (Å²) in [6.45, 7) is 9.02. The Bertz CT molecular complexity index is 635. The Kier molecular flexibility index (Phi) is 5.81. The molecule has 2 saturated heterocycles. The number of likely N-dealkylation sites (tertiary alicyclic amines) is 1. The molecule has 0 aromatic heterocycles.